The Balaban J connectivity index is 1.95. The van der Waals surface area contributed by atoms with Crippen molar-refractivity contribution in [3.8, 4) is 0 Å². The molecule has 0 atom stereocenters. The van der Waals surface area contributed by atoms with E-state index in [9.17, 15) is 9.59 Å². The zero-order valence-electron chi connectivity index (χ0n) is 11.4. The summed E-state index contributed by atoms with van der Waals surface area (Å²) in [5.74, 6) is -0.431. The number of aromatic nitrogens is 1. The van der Waals surface area contributed by atoms with Crippen LogP contribution in [0.3, 0.4) is 0 Å². The average molecular weight is 281 g/mol. The zero-order valence-corrected chi connectivity index (χ0v) is 11.4. The van der Waals surface area contributed by atoms with Gasteiger partial charge < -0.3 is 10.6 Å². The van der Waals surface area contributed by atoms with Crippen LogP contribution in [-0.4, -0.2) is 16.8 Å². The van der Waals surface area contributed by atoms with E-state index in [1.807, 2.05) is 12.1 Å². The fourth-order valence-electron chi connectivity index (χ4n) is 1.67. The van der Waals surface area contributed by atoms with Gasteiger partial charge in [0.1, 0.15) is 0 Å². The molecule has 0 aliphatic rings. The molecule has 0 saturated heterocycles. The monoisotopic (exact) mass is 281 g/mol. The van der Waals surface area contributed by atoms with Crippen molar-refractivity contribution in [2.75, 3.05) is 5.32 Å². The third kappa shape index (κ3) is 4.28. The third-order valence-corrected chi connectivity index (χ3v) is 2.79. The van der Waals surface area contributed by atoms with Gasteiger partial charge in [-0.2, -0.15) is 0 Å². The molecule has 5 nitrogen and oxygen atoms in total. The van der Waals surface area contributed by atoms with Gasteiger partial charge in [-0.05, 0) is 35.9 Å². The zero-order chi connectivity index (χ0) is 15.1. The first-order valence-corrected chi connectivity index (χ1v) is 6.39. The van der Waals surface area contributed by atoms with Gasteiger partial charge in [-0.15, -0.1) is 0 Å². The summed E-state index contributed by atoms with van der Waals surface area (Å²) in [5, 5.41) is 5.46. The van der Waals surface area contributed by atoms with Crippen LogP contribution in [0.25, 0.3) is 0 Å². The second kappa shape index (κ2) is 7.00. The number of hydrogen-bond donors (Lipinski definition) is 2. The summed E-state index contributed by atoms with van der Waals surface area (Å²) >= 11 is 0. The van der Waals surface area contributed by atoms with Crippen LogP contribution in [0.2, 0.25) is 0 Å². The summed E-state index contributed by atoms with van der Waals surface area (Å²) in [4.78, 5) is 26.9. The highest BCUT2D eigenvalue weighted by atomic mass is 16.2. The lowest BCUT2D eigenvalue weighted by Gasteiger charge is -2.07. The molecule has 0 aliphatic heterocycles. The summed E-state index contributed by atoms with van der Waals surface area (Å²) in [6, 6.07) is 10.6. The first-order valence-electron chi connectivity index (χ1n) is 6.39. The molecule has 0 fully saturated rings. The van der Waals surface area contributed by atoms with Gasteiger partial charge in [0.05, 0.1) is 5.56 Å². The number of carbonyl (C=O) groups is 2. The van der Waals surface area contributed by atoms with E-state index in [4.69, 9.17) is 0 Å². The number of nitrogens with one attached hydrogen (secondary N) is 2. The minimum absolute atomic E-state index is 0.212. The number of pyridine rings is 1. The molecule has 2 N–H and O–H groups in total. The highest BCUT2D eigenvalue weighted by Crippen LogP contribution is 2.11. The van der Waals surface area contributed by atoms with Gasteiger partial charge in [-0.25, -0.2) is 0 Å². The maximum atomic E-state index is 11.9. The normalized spacial score (nSPS) is 9.71. The largest absolute Gasteiger partial charge is 0.348 e. The van der Waals surface area contributed by atoms with Gasteiger partial charge >= 0.3 is 0 Å². The number of carbonyl (C=O) groups excluding carboxylic acids is 2. The van der Waals surface area contributed by atoms with Gasteiger partial charge in [-0.3, -0.25) is 14.6 Å². The standard InChI is InChI=1S/C16H15N3O2/c1-2-15(20)18-10-12-5-7-14(8-6-12)19-16(21)13-4-3-9-17-11-13/h2-9,11H,1,10H2,(H,18,20)(H,19,21). The Bertz CT molecular complexity index is 636. The Labute approximate surface area is 122 Å². The Morgan fingerprint density at radius 2 is 1.95 bits per heavy atom. The molecule has 0 spiro atoms. The van der Waals surface area contributed by atoms with Gasteiger partial charge in [0.25, 0.3) is 5.91 Å². The summed E-state index contributed by atoms with van der Waals surface area (Å²) in [7, 11) is 0. The molecule has 5 heteroatoms. The second-order valence-corrected chi connectivity index (χ2v) is 4.31. The van der Waals surface area contributed by atoms with E-state index in [0.29, 0.717) is 17.8 Å². The summed E-state index contributed by atoms with van der Waals surface area (Å²) in [6.45, 7) is 3.80. The molecular formula is C16H15N3O2. The molecule has 1 heterocycles. The number of benzene rings is 1. The van der Waals surface area contributed by atoms with E-state index in [1.54, 1.807) is 30.5 Å². The van der Waals surface area contributed by atoms with Crippen LogP contribution < -0.4 is 10.6 Å². The van der Waals surface area contributed by atoms with Crippen molar-refractivity contribution in [1.29, 1.82) is 0 Å². The molecule has 0 aliphatic carbocycles. The van der Waals surface area contributed by atoms with Crippen molar-refractivity contribution in [2.45, 2.75) is 6.54 Å². The van der Waals surface area contributed by atoms with Crippen molar-refractivity contribution in [1.82, 2.24) is 10.3 Å². The highest BCUT2D eigenvalue weighted by Gasteiger charge is 2.05. The van der Waals surface area contributed by atoms with E-state index in [2.05, 4.69) is 22.2 Å². The Kier molecular flexibility index (Phi) is 4.82. The van der Waals surface area contributed by atoms with Crippen LogP contribution in [0, 0.1) is 0 Å². The molecular weight excluding hydrogens is 266 g/mol. The van der Waals surface area contributed by atoms with Crippen molar-refractivity contribution in [2.24, 2.45) is 0 Å². The van der Waals surface area contributed by atoms with E-state index < -0.39 is 0 Å². The van der Waals surface area contributed by atoms with E-state index in [1.165, 1.54) is 12.3 Å². The number of amides is 2. The molecule has 106 valence electrons. The maximum absolute atomic E-state index is 11.9. The molecule has 0 saturated carbocycles. The highest BCUT2D eigenvalue weighted by molar-refractivity contribution is 6.04. The van der Waals surface area contributed by atoms with Crippen LogP contribution in [0.1, 0.15) is 15.9 Å². The smallest absolute Gasteiger partial charge is 0.257 e. The van der Waals surface area contributed by atoms with E-state index in [0.717, 1.165) is 5.56 Å². The average Bonchev–Trinajstić information content (AvgIpc) is 2.54. The molecule has 0 unspecified atom stereocenters. The minimum Gasteiger partial charge on any atom is -0.348 e. The third-order valence-electron chi connectivity index (χ3n) is 2.79. The fraction of sp³-hybridized carbons (Fsp3) is 0.0625. The van der Waals surface area contributed by atoms with Crippen molar-refractivity contribution < 1.29 is 9.59 Å². The number of anilines is 1. The van der Waals surface area contributed by atoms with Crippen molar-refractivity contribution in [3.63, 3.8) is 0 Å². The molecule has 1 aromatic heterocycles. The Morgan fingerprint density at radius 3 is 2.57 bits per heavy atom. The quantitative estimate of drug-likeness (QED) is 0.825. The maximum Gasteiger partial charge on any atom is 0.257 e. The van der Waals surface area contributed by atoms with Crippen LogP contribution in [0.5, 0.6) is 0 Å². The van der Waals surface area contributed by atoms with Crippen LogP contribution in [0.4, 0.5) is 5.69 Å². The fourth-order valence-corrected chi connectivity index (χ4v) is 1.67. The first-order chi connectivity index (χ1) is 10.2. The SMILES string of the molecule is C=CC(=O)NCc1ccc(NC(=O)c2cccnc2)cc1. The van der Waals surface area contributed by atoms with Crippen molar-refractivity contribution >= 4 is 17.5 Å². The predicted octanol–water partition coefficient (Wildman–Crippen LogP) is 2.14. The summed E-state index contributed by atoms with van der Waals surface area (Å²) in [6.07, 6.45) is 4.35. The summed E-state index contributed by atoms with van der Waals surface area (Å²) < 4.78 is 0. The van der Waals surface area contributed by atoms with Gasteiger partial charge in [0.2, 0.25) is 5.91 Å². The van der Waals surface area contributed by atoms with Crippen LogP contribution in [-0.2, 0) is 11.3 Å². The lowest BCUT2D eigenvalue weighted by molar-refractivity contribution is -0.116. The molecule has 1 aromatic carbocycles. The van der Waals surface area contributed by atoms with Crippen LogP contribution in [0.15, 0.2) is 61.4 Å². The van der Waals surface area contributed by atoms with Crippen LogP contribution >= 0.6 is 0 Å². The Morgan fingerprint density at radius 1 is 1.19 bits per heavy atom. The first kappa shape index (κ1) is 14.5. The number of hydrogen-bond acceptors (Lipinski definition) is 3. The topological polar surface area (TPSA) is 71.1 Å². The molecule has 21 heavy (non-hydrogen) atoms. The van der Waals surface area contributed by atoms with E-state index in [-0.39, 0.29) is 11.8 Å². The van der Waals surface area contributed by atoms with Gasteiger partial charge in [-0.1, -0.05) is 18.7 Å². The van der Waals surface area contributed by atoms with Gasteiger partial charge in [0.15, 0.2) is 0 Å². The van der Waals surface area contributed by atoms with E-state index >= 15 is 0 Å². The lowest BCUT2D eigenvalue weighted by atomic mass is 10.2. The predicted molar refractivity (Wildman–Crippen MR) is 80.7 cm³/mol. The molecule has 0 bridgehead atoms. The Hall–Kier alpha value is -2.95. The minimum atomic E-state index is -0.219. The van der Waals surface area contributed by atoms with Crippen molar-refractivity contribution in [3.05, 3.63) is 72.6 Å². The number of nitrogens with zero attached hydrogens (tertiary/aromatic N) is 1. The molecule has 2 amide bonds. The second-order valence-electron chi connectivity index (χ2n) is 4.31. The lowest BCUT2D eigenvalue weighted by Crippen LogP contribution is -2.19. The number of rotatable bonds is 5. The molecule has 0 radical (unpaired) electrons. The molecule has 2 rings (SSSR count). The molecule has 2 aromatic rings. The summed E-state index contributed by atoms with van der Waals surface area (Å²) in [5.41, 5.74) is 2.12. The van der Waals surface area contributed by atoms with Gasteiger partial charge in [0, 0.05) is 24.6 Å².